The number of halogens is 8. The van der Waals surface area contributed by atoms with Crippen LogP contribution < -0.4 is 74.4 Å². The van der Waals surface area contributed by atoms with E-state index in [1.807, 2.05) is 0 Å². The molecule has 0 unspecified atom stereocenters. The van der Waals surface area contributed by atoms with E-state index in [0.717, 1.165) is 0 Å². The Morgan fingerprint density at radius 1 is 0.214 bits per heavy atom. The van der Waals surface area contributed by atoms with Crippen LogP contribution >= 0.6 is 24.8 Å². The summed E-state index contributed by atoms with van der Waals surface area (Å²) < 4.78 is 60.0. The van der Waals surface area contributed by atoms with E-state index in [9.17, 15) is 0 Å². The van der Waals surface area contributed by atoms with Gasteiger partial charge in [0.2, 0.25) is 0 Å². The first kappa shape index (κ1) is 234. The molecule has 0 fully saturated rings. The van der Waals surface area contributed by atoms with Crippen LogP contribution in [0.3, 0.4) is 0 Å². The maximum absolute atomic E-state index is 7.50. The second-order valence-corrected chi connectivity index (χ2v) is 0. The van der Waals surface area contributed by atoms with Gasteiger partial charge in [-0.15, -0.1) is 24.8 Å². The van der Waals surface area contributed by atoms with Gasteiger partial charge in [0.15, 0.2) is 0 Å². The minimum atomic E-state index is 0. The Bertz CT molecular complexity index is 165. The number of rotatable bonds is 0. The molecule has 180 valence electrons. The molecule has 8 nitrogen and oxygen atoms in total. The van der Waals surface area contributed by atoms with E-state index in [0.29, 0.717) is 0 Å². The van der Waals surface area contributed by atoms with E-state index in [-0.39, 0.29) is 180 Å². The molecule has 0 bridgehead atoms. The van der Waals surface area contributed by atoms with E-state index >= 15 is 0 Å². The molecule has 0 rings (SSSR count). The van der Waals surface area contributed by atoms with Crippen molar-refractivity contribution < 1.29 is 192 Å². The summed E-state index contributed by atoms with van der Waals surface area (Å²) >= 11 is 0. The van der Waals surface area contributed by atoms with Crippen molar-refractivity contribution in [1.29, 1.82) is 0 Å². The van der Waals surface area contributed by atoms with E-state index in [4.69, 9.17) is 37.2 Å². The first-order valence-electron chi connectivity index (χ1n) is 1.63. The summed E-state index contributed by atoms with van der Waals surface area (Å²) in [4.78, 5) is 0. The molecule has 0 aromatic heterocycles. The fourth-order valence-electron chi connectivity index (χ4n) is 0. The molecular formula is C8H2Cl8Ir4O8-6. The Balaban J connectivity index is -0.00000000137. The monoisotopic (exact) mass is 1280 g/mol. The van der Waals surface area contributed by atoms with Gasteiger partial charge in [-0.2, -0.15) is 0 Å². The number of hydrogen-bond acceptors (Lipinski definition) is 0. The van der Waals surface area contributed by atoms with Crippen molar-refractivity contribution in [2.75, 3.05) is 0 Å². The SMILES string of the molecule is Cl.Cl.[C-]#[O+].[C-]#[O+].[C-]#[O+].[C-]#[O+].[C-]#[O+].[C-]#[O+].[C-]#[O+].[C-]#[O+].[Cl-].[Cl-].[Cl-].[Cl-].[Cl-].[Cl-].[Ir].[Ir].[Ir].[Ir]. The van der Waals surface area contributed by atoms with E-state index < -0.39 is 0 Å². The maximum Gasteiger partial charge on any atom is 0 e. The average Bonchev–Trinajstić information content (AvgIpc) is 2.54. The van der Waals surface area contributed by atoms with E-state index in [1.54, 1.807) is 0 Å². The third-order valence-corrected chi connectivity index (χ3v) is 0. The molecule has 0 N–H and O–H groups in total. The van der Waals surface area contributed by atoms with Gasteiger partial charge < -0.3 is 74.4 Å². The normalized spacial score (nSPS) is 0.571. The molecule has 28 heavy (non-hydrogen) atoms. The average molecular weight is 1280 g/mol. The van der Waals surface area contributed by atoms with Crippen molar-refractivity contribution in [3.05, 3.63) is 53.2 Å². The Hall–Kier alpha value is 2.84. The second-order valence-electron chi connectivity index (χ2n) is 0. The summed E-state index contributed by atoms with van der Waals surface area (Å²) in [5, 5.41) is 0. The van der Waals surface area contributed by atoms with Crippen molar-refractivity contribution in [3.8, 4) is 0 Å². The smallest absolute Gasteiger partial charge is 0 e. The fraction of sp³-hybridized carbons (Fsp3) is 0. The Labute approximate surface area is 267 Å². The topological polar surface area (TPSA) is 159 Å². The maximum atomic E-state index is 7.50. The quantitative estimate of drug-likeness (QED) is 0.167. The molecule has 0 aromatic carbocycles. The van der Waals surface area contributed by atoms with Gasteiger partial charge in [0.25, 0.3) is 0 Å². The van der Waals surface area contributed by atoms with E-state index in [2.05, 4.69) is 53.2 Å². The Morgan fingerprint density at radius 3 is 0.214 bits per heavy atom. The summed E-state index contributed by atoms with van der Waals surface area (Å²) in [6.45, 7) is 36.0. The largest absolute Gasteiger partial charge is 1.00 e. The number of hydrogen-bond donors (Lipinski definition) is 0. The van der Waals surface area contributed by atoms with Crippen LogP contribution in [0, 0.1) is 53.2 Å². The van der Waals surface area contributed by atoms with Crippen LogP contribution in [0.5, 0.6) is 0 Å². The predicted molar refractivity (Wildman–Crippen MR) is 45.9 cm³/mol. The van der Waals surface area contributed by atoms with Gasteiger partial charge >= 0.3 is 90.4 Å². The van der Waals surface area contributed by atoms with Crippen molar-refractivity contribution in [2.45, 2.75) is 0 Å². The van der Waals surface area contributed by atoms with Gasteiger partial charge in [0, 0.05) is 80.4 Å². The van der Waals surface area contributed by atoms with Crippen LogP contribution in [-0.4, -0.2) is 0 Å². The van der Waals surface area contributed by atoms with Crippen LogP contribution in [0.25, 0.3) is 0 Å². The van der Waals surface area contributed by atoms with Crippen molar-refractivity contribution in [3.63, 3.8) is 0 Å². The molecule has 0 spiro atoms. The zero-order chi connectivity index (χ0) is 16.0. The molecule has 4 radical (unpaired) electrons. The van der Waals surface area contributed by atoms with Crippen molar-refractivity contribution >= 4 is 24.8 Å². The minimum Gasteiger partial charge on any atom is -1.00 e. The minimum absolute atomic E-state index is 0. The van der Waals surface area contributed by atoms with Crippen LogP contribution in [-0.2, 0) is 118 Å². The molecule has 0 amide bonds. The Kier molecular flexibility index (Phi) is 25700. The summed E-state index contributed by atoms with van der Waals surface area (Å²) in [5.74, 6) is 0. The molecule has 0 heterocycles. The molecule has 0 aliphatic heterocycles. The molecule has 20 heteroatoms. The predicted octanol–water partition coefficient (Wildman–Crippen LogP) is -17.4. The van der Waals surface area contributed by atoms with Crippen LogP contribution in [0.4, 0.5) is 0 Å². The molecule has 0 saturated carbocycles. The van der Waals surface area contributed by atoms with Gasteiger partial charge in [-0.1, -0.05) is 0 Å². The molecule has 0 aliphatic rings. The molecule has 0 atom stereocenters. The van der Waals surface area contributed by atoms with Crippen LogP contribution in [0.2, 0.25) is 0 Å². The van der Waals surface area contributed by atoms with Crippen LogP contribution in [0.1, 0.15) is 0 Å². The first-order valence-corrected chi connectivity index (χ1v) is 1.63. The second kappa shape index (κ2) is 3080. The first-order chi connectivity index (χ1) is 8.00. The molecule has 0 aromatic rings. The Morgan fingerprint density at radius 2 is 0.214 bits per heavy atom. The van der Waals surface area contributed by atoms with Gasteiger partial charge in [-0.25, -0.2) is 0 Å². The van der Waals surface area contributed by atoms with Gasteiger partial charge in [-0.05, 0) is 0 Å². The van der Waals surface area contributed by atoms with Crippen molar-refractivity contribution in [1.82, 2.24) is 0 Å². The molecule has 0 saturated heterocycles. The zero-order valence-electron chi connectivity index (χ0n) is 11.7. The molecule has 0 aliphatic carbocycles. The van der Waals surface area contributed by atoms with Crippen LogP contribution in [0.15, 0.2) is 0 Å². The van der Waals surface area contributed by atoms with E-state index in [1.165, 1.54) is 0 Å². The van der Waals surface area contributed by atoms with Gasteiger partial charge in [0.1, 0.15) is 0 Å². The van der Waals surface area contributed by atoms with Crippen molar-refractivity contribution in [2.24, 2.45) is 0 Å². The summed E-state index contributed by atoms with van der Waals surface area (Å²) in [6, 6.07) is 0. The molecular weight excluding hydrogens is 1280 g/mol. The summed E-state index contributed by atoms with van der Waals surface area (Å²) in [5.41, 5.74) is 0. The van der Waals surface area contributed by atoms with Gasteiger partial charge in [0.05, 0.1) is 0 Å². The summed E-state index contributed by atoms with van der Waals surface area (Å²) in [7, 11) is 0. The zero-order valence-corrected chi connectivity index (χ0v) is 27.4. The summed E-state index contributed by atoms with van der Waals surface area (Å²) in [6.07, 6.45) is 0. The third kappa shape index (κ3) is 2780. The van der Waals surface area contributed by atoms with Gasteiger partial charge in [-0.3, -0.25) is 0 Å². The standard InChI is InChI=1S/8CO.8ClH.4Ir/c8*1-2;;;;;;;;;;;;/h;;;;;;;;8*1H;;;;/p-6. The third-order valence-electron chi connectivity index (χ3n) is 0. The fourth-order valence-corrected chi connectivity index (χ4v) is 0.